The molecule has 1 rings (SSSR count). The molecule has 0 atom stereocenters. The van der Waals surface area contributed by atoms with Gasteiger partial charge < -0.3 is 5.11 Å². The predicted molar refractivity (Wildman–Crippen MR) is 44.0 cm³/mol. The summed E-state index contributed by atoms with van der Waals surface area (Å²) < 4.78 is 0. The van der Waals surface area contributed by atoms with Gasteiger partial charge in [-0.1, -0.05) is 0 Å². The average Bonchev–Trinajstić information content (AvgIpc) is 1.96. The van der Waals surface area contributed by atoms with E-state index in [9.17, 15) is 10.1 Å². The Hall–Kier alpha value is -1.58. The normalized spacial score (nSPS) is 9.83. The van der Waals surface area contributed by atoms with Crippen LogP contribution in [-0.4, -0.2) is 10.0 Å². The minimum atomic E-state index is -0.497. The van der Waals surface area contributed by atoms with Crippen molar-refractivity contribution in [2.24, 2.45) is 0 Å². The summed E-state index contributed by atoms with van der Waals surface area (Å²) in [6.45, 7) is 5.02. The van der Waals surface area contributed by atoms with Crippen LogP contribution >= 0.6 is 0 Å². The van der Waals surface area contributed by atoms with Gasteiger partial charge in [-0.25, -0.2) is 0 Å². The van der Waals surface area contributed by atoms with Crippen molar-refractivity contribution >= 4 is 5.69 Å². The van der Waals surface area contributed by atoms with E-state index in [-0.39, 0.29) is 17.0 Å². The summed E-state index contributed by atoms with van der Waals surface area (Å²) >= 11 is 0. The highest BCUT2D eigenvalue weighted by atomic mass is 16.6. The summed E-state index contributed by atoms with van der Waals surface area (Å²) in [6.07, 6.45) is 0. The Balaban J connectivity index is 3.33. The molecule has 0 aliphatic heterocycles. The maximum atomic E-state index is 10.4. The van der Waals surface area contributed by atoms with Gasteiger partial charge in [-0.15, -0.1) is 0 Å². The standard InChI is InChI=1S/C8H8NO3/c1-5-4-8(10)6(2)3-7(5)9(11)12/h3-4,10H,2H2,1H3. The molecule has 0 aliphatic rings. The van der Waals surface area contributed by atoms with Crippen LogP contribution < -0.4 is 0 Å². The van der Waals surface area contributed by atoms with Gasteiger partial charge in [0.15, 0.2) is 0 Å². The van der Waals surface area contributed by atoms with Crippen LogP contribution in [0.25, 0.3) is 0 Å². The van der Waals surface area contributed by atoms with Gasteiger partial charge in [0.05, 0.1) is 4.92 Å². The van der Waals surface area contributed by atoms with Crippen molar-refractivity contribution in [3.8, 4) is 5.75 Å². The van der Waals surface area contributed by atoms with Crippen molar-refractivity contribution in [1.82, 2.24) is 0 Å². The zero-order valence-electron chi connectivity index (χ0n) is 6.57. The minimum absolute atomic E-state index is 0.0156. The molecule has 0 aromatic heterocycles. The number of hydrogen-bond acceptors (Lipinski definition) is 3. The molecule has 0 amide bonds. The van der Waals surface area contributed by atoms with E-state index >= 15 is 0 Å². The van der Waals surface area contributed by atoms with Crippen LogP contribution in [0.3, 0.4) is 0 Å². The summed E-state index contributed by atoms with van der Waals surface area (Å²) in [5.74, 6) is -0.0156. The molecule has 0 bridgehead atoms. The average molecular weight is 166 g/mol. The van der Waals surface area contributed by atoms with Gasteiger partial charge in [-0.3, -0.25) is 10.1 Å². The number of nitro groups is 1. The van der Waals surface area contributed by atoms with Crippen molar-refractivity contribution < 1.29 is 10.0 Å². The van der Waals surface area contributed by atoms with E-state index in [1.807, 2.05) is 0 Å². The molecule has 4 heteroatoms. The molecule has 1 N–H and O–H groups in total. The lowest BCUT2D eigenvalue weighted by atomic mass is 10.1. The van der Waals surface area contributed by atoms with Gasteiger partial charge in [-0.2, -0.15) is 0 Å². The number of rotatable bonds is 1. The van der Waals surface area contributed by atoms with Gasteiger partial charge in [0.1, 0.15) is 5.75 Å². The molecule has 0 heterocycles. The molecule has 0 unspecified atom stereocenters. The summed E-state index contributed by atoms with van der Waals surface area (Å²) in [5.41, 5.74) is 0.690. The highest BCUT2D eigenvalue weighted by Gasteiger charge is 2.12. The monoisotopic (exact) mass is 166 g/mol. The predicted octanol–water partition coefficient (Wildman–Crippen LogP) is 1.79. The number of phenolic OH excluding ortho intramolecular Hbond substituents is 1. The minimum Gasteiger partial charge on any atom is -0.508 e. The Morgan fingerprint density at radius 3 is 2.67 bits per heavy atom. The molecule has 1 radical (unpaired) electrons. The van der Waals surface area contributed by atoms with E-state index in [0.717, 1.165) is 0 Å². The number of nitro benzene ring substituents is 1. The molecular formula is C8H8NO3. The number of benzene rings is 1. The summed E-state index contributed by atoms with van der Waals surface area (Å²) in [7, 11) is 0. The molecule has 1 aromatic carbocycles. The molecule has 0 saturated carbocycles. The summed E-state index contributed by atoms with van der Waals surface area (Å²) in [6, 6.07) is 2.59. The van der Waals surface area contributed by atoms with E-state index in [0.29, 0.717) is 5.56 Å². The lowest BCUT2D eigenvalue weighted by molar-refractivity contribution is -0.385. The molecule has 63 valence electrons. The van der Waals surface area contributed by atoms with Crippen molar-refractivity contribution in [2.75, 3.05) is 0 Å². The second-order valence-corrected chi connectivity index (χ2v) is 2.52. The lowest BCUT2D eigenvalue weighted by Crippen LogP contribution is -1.92. The maximum absolute atomic E-state index is 10.4. The fourth-order valence-corrected chi connectivity index (χ4v) is 0.921. The Morgan fingerprint density at radius 2 is 2.17 bits per heavy atom. The molecule has 1 aromatic rings. The van der Waals surface area contributed by atoms with E-state index in [1.54, 1.807) is 6.92 Å². The van der Waals surface area contributed by atoms with Crippen molar-refractivity contribution in [2.45, 2.75) is 6.92 Å². The van der Waals surface area contributed by atoms with Gasteiger partial charge in [0.25, 0.3) is 5.69 Å². The largest absolute Gasteiger partial charge is 0.508 e. The molecule has 0 spiro atoms. The molecular weight excluding hydrogens is 158 g/mol. The Morgan fingerprint density at radius 1 is 1.58 bits per heavy atom. The van der Waals surface area contributed by atoms with Gasteiger partial charge in [0.2, 0.25) is 0 Å². The fraction of sp³-hybridized carbons (Fsp3) is 0.125. The number of aryl methyl sites for hydroxylation is 1. The number of hydrogen-bond donors (Lipinski definition) is 1. The molecule has 0 saturated heterocycles. The first kappa shape index (κ1) is 8.52. The third kappa shape index (κ3) is 1.37. The molecule has 0 fully saturated rings. The third-order valence-corrected chi connectivity index (χ3v) is 1.59. The maximum Gasteiger partial charge on any atom is 0.272 e. The highest BCUT2D eigenvalue weighted by Crippen LogP contribution is 2.26. The van der Waals surface area contributed by atoms with Crippen LogP contribution in [0.2, 0.25) is 0 Å². The summed E-state index contributed by atoms with van der Waals surface area (Å²) in [5, 5.41) is 19.5. The Labute approximate surface area is 69.6 Å². The second kappa shape index (κ2) is 2.81. The zero-order valence-corrected chi connectivity index (χ0v) is 6.57. The van der Waals surface area contributed by atoms with E-state index < -0.39 is 4.92 Å². The number of nitrogens with zero attached hydrogens (tertiary/aromatic N) is 1. The van der Waals surface area contributed by atoms with Gasteiger partial charge in [-0.05, 0) is 19.9 Å². The van der Waals surface area contributed by atoms with Gasteiger partial charge >= 0.3 is 0 Å². The summed E-state index contributed by atoms with van der Waals surface area (Å²) in [4.78, 5) is 9.88. The van der Waals surface area contributed by atoms with Crippen LogP contribution in [0, 0.1) is 24.0 Å². The first-order chi connectivity index (χ1) is 5.52. The third-order valence-electron chi connectivity index (χ3n) is 1.59. The Kier molecular flexibility index (Phi) is 1.99. The van der Waals surface area contributed by atoms with Crippen LogP contribution in [0.5, 0.6) is 5.75 Å². The quantitative estimate of drug-likeness (QED) is 0.511. The van der Waals surface area contributed by atoms with Crippen molar-refractivity contribution in [1.29, 1.82) is 0 Å². The van der Waals surface area contributed by atoms with Crippen LogP contribution in [0.4, 0.5) is 5.69 Å². The van der Waals surface area contributed by atoms with E-state index in [2.05, 4.69) is 6.92 Å². The lowest BCUT2D eigenvalue weighted by Gasteiger charge is -2.00. The highest BCUT2D eigenvalue weighted by molar-refractivity contribution is 5.50. The topological polar surface area (TPSA) is 63.4 Å². The number of phenols is 1. The van der Waals surface area contributed by atoms with Gasteiger partial charge in [0, 0.05) is 17.2 Å². The van der Waals surface area contributed by atoms with Crippen molar-refractivity contribution in [3.63, 3.8) is 0 Å². The number of aromatic hydroxyl groups is 1. The first-order valence-electron chi connectivity index (χ1n) is 3.32. The fourth-order valence-electron chi connectivity index (χ4n) is 0.921. The van der Waals surface area contributed by atoms with Crippen molar-refractivity contribution in [3.05, 3.63) is 40.3 Å². The van der Waals surface area contributed by atoms with E-state index in [1.165, 1.54) is 12.1 Å². The van der Waals surface area contributed by atoms with Crippen LogP contribution in [0.15, 0.2) is 12.1 Å². The Bertz CT molecular complexity index is 333. The van der Waals surface area contributed by atoms with Crippen LogP contribution in [-0.2, 0) is 0 Å². The molecule has 12 heavy (non-hydrogen) atoms. The second-order valence-electron chi connectivity index (χ2n) is 2.52. The molecule has 4 nitrogen and oxygen atoms in total. The first-order valence-corrected chi connectivity index (χ1v) is 3.32. The SMILES string of the molecule is [CH2]c1cc([N+](=O)[O-])c(C)cc1O. The molecule has 0 aliphatic carbocycles. The zero-order chi connectivity index (χ0) is 9.30. The smallest absolute Gasteiger partial charge is 0.272 e. The van der Waals surface area contributed by atoms with Crippen LogP contribution in [0.1, 0.15) is 11.1 Å². The van der Waals surface area contributed by atoms with E-state index in [4.69, 9.17) is 5.11 Å².